The van der Waals surface area contributed by atoms with Crippen molar-refractivity contribution in [2.24, 2.45) is 0 Å². The molecule has 8 heteroatoms. The number of nitro groups is 1. The van der Waals surface area contributed by atoms with Gasteiger partial charge in [0.05, 0.1) is 12.0 Å². The molecule has 0 aliphatic rings. The van der Waals surface area contributed by atoms with E-state index in [9.17, 15) is 23.7 Å². The lowest BCUT2D eigenvalue weighted by atomic mass is 10.2. The molecule has 1 heterocycles. The first-order valence-corrected chi connectivity index (χ1v) is 3.71. The number of nitrogens with one attached hydrogen (secondary N) is 1. The molecule has 0 amide bonds. The summed E-state index contributed by atoms with van der Waals surface area (Å²) >= 11 is 0. The molecule has 1 aromatic heterocycles. The maximum absolute atomic E-state index is 12.4. The van der Waals surface area contributed by atoms with Crippen LogP contribution < -0.4 is 10.3 Å². The zero-order chi connectivity index (χ0) is 11.6. The quantitative estimate of drug-likeness (QED) is 0.613. The third kappa shape index (κ3) is 2.09. The molecule has 0 saturated heterocycles. The fourth-order valence-corrected chi connectivity index (χ4v) is 1.01. The Bertz CT molecular complexity index is 443. The van der Waals surface area contributed by atoms with Gasteiger partial charge in [0, 0.05) is 6.07 Å². The number of alkyl halides is 2. The number of halogens is 2. The molecule has 0 atom stereocenters. The van der Waals surface area contributed by atoms with E-state index in [0.717, 1.165) is 13.2 Å². The van der Waals surface area contributed by atoms with E-state index in [2.05, 4.69) is 4.74 Å². The Morgan fingerprint density at radius 3 is 2.60 bits per heavy atom. The van der Waals surface area contributed by atoms with Gasteiger partial charge in [0.2, 0.25) is 0 Å². The summed E-state index contributed by atoms with van der Waals surface area (Å²) in [4.78, 5) is 22.2. The van der Waals surface area contributed by atoms with Crippen LogP contribution in [0, 0.1) is 10.1 Å². The highest BCUT2D eigenvalue weighted by Gasteiger charge is 2.26. The van der Waals surface area contributed by atoms with Gasteiger partial charge in [-0.3, -0.25) is 19.9 Å². The Balaban J connectivity index is 3.50. The molecule has 0 aromatic carbocycles. The number of ether oxygens (including phenoxy) is 1. The van der Waals surface area contributed by atoms with Crippen molar-refractivity contribution in [2.75, 3.05) is 7.11 Å². The molecule has 1 rings (SSSR count). The number of methoxy groups -OCH3 is 1. The highest BCUT2D eigenvalue weighted by Crippen LogP contribution is 2.27. The Morgan fingerprint density at radius 1 is 1.60 bits per heavy atom. The molecule has 1 N–H and O–H groups in total. The molecular weight excluding hydrogens is 214 g/mol. The van der Waals surface area contributed by atoms with Crippen molar-refractivity contribution in [1.29, 1.82) is 0 Å². The molecule has 1 aromatic rings. The Labute approximate surface area is 81.6 Å². The Morgan fingerprint density at radius 2 is 2.20 bits per heavy atom. The standard InChI is InChI=1S/C7H6F2N2O4/c1-15-4-2-3(6(8)9)5(11(13)14)7(12)10-4/h2,6H,1H3,(H,10,12). The fourth-order valence-electron chi connectivity index (χ4n) is 1.01. The summed E-state index contributed by atoms with van der Waals surface area (Å²) in [7, 11) is 1.15. The maximum atomic E-state index is 12.4. The van der Waals surface area contributed by atoms with Gasteiger partial charge in [-0.2, -0.15) is 0 Å². The molecule has 0 radical (unpaired) electrons. The van der Waals surface area contributed by atoms with E-state index >= 15 is 0 Å². The van der Waals surface area contributed by atoms with Gasteiger partial charge in [-0.15, -0.1) is 0 Å². The lowest BCUT2D eigenvalue weighted by molar-refractivity contribution is -0.387. The van der Waals surface area contributed by atoms with Crippen LogP contribution in [0.4, 0.5) is 14.5 Å². The zero-order valence-corrected chi connectivity index (χ0v) is 7.49. The largest absolute Gasteiger partial charge is 0.482 e. The van der Waals surface area contributed by atoms with E-state index in [-0.39, 0.29) is 5.88 Å². The minimum absolute atomic E-state index is 0.249. The normalized spacial score (nSPS) is 10.4. The molecule has 15 heavy (non-hydrogen) atoms. The lowest BCUT2D eigenvalue weighted by Crippen LogP contribution is -2.15. The van der Waals surface area contributed by atoms with Gasteiger partial charge in [0.15, 0.2) is 5.88 Å². The van der Waals surface area contributed by atoms with E-state index in [1.54, 1.807) is 0 Å². The average molecular weight is 220 g/mol. The molecule has 0 saturated carbocycles. The smallest absolute Gasteiger partial charge is 0.342 e. The molecule has 6 nitrogen and oxygen atoms in total. The van der Waals surface area contributed by atoms with E-state index in [0.29, 0.717) is 0 Å². The third-order valence-corrected chi connectivity index (χ3v) is 1.65. The summed E-state index contributed by atoms with van der Waals surface area (Å²) in [6.07, 6.45) is -3.11. The number of pyridine rings is 1. The molecule has 0 aliphatic heterocycles. The Hall–Kier alpha value is -1.99. The highest BCUT2D eigenvalue weighted by molar-refractivity contribution is 5.41. The van der Waals surface area contributed by atoms with Gasteiger partial charge in [-0.25, -0.2) is 8.78 Å². The first-order valence-electron chi connectivity index (χ1n) is 3.71. The van der Waals surface area contributed by atoms with Crippen molar-refractivity contribution < 1.29 is 18.4 Å². The van der Waals surface area contributed by atoms with Gasteiger partial charge >= 0.3 is 11.2 Å². The number of hydrogen-bond acceptors (Lipinski definition) is 4. The van der Waals surface area contributed by atoms with E-state index in [4.69, 9.17) is 0 Å². The average Bonchev–Trinajstić information content (AvgIpc) is 2.15. The summed E-state index contributed by atoms with van der Waals surface area (Å²) < 4.78 is 29.3. The summed E-state index contributed by atoms with van der Waals surface area (Å²) in [6, 6.07) is 0.726. The zero-order valence-electron chi connectivity index (χ0n) is 7.49. The minimum atomic E-state index is -3.11. The van der Waals surface area contributed by atoms with Crippen LogP contribution in [-0.4, -0.2) is 17.0 Å². The topological polar surface area (TPSA) is 85.2 Å². The van der Waals surface area contributed by atoms with Crippen molar-refractivity contribution >= 4 is 5.69 Å². The fraction of sp³-hybridized carbons (Fsp3) is 0.286. The predicted molar refractivity (Wildman–Crippen MR) is 45.2 cm³/mol. The van der Waals surface area contributed by atoms with Crippen LogP contribution in [0.15, 0.2) is 10.9 Å². The third-order valence-electron chi connectivity index (χ3n) is 1.65. The van der Waals surface area contributed by atoms with Crippen molar-refractivity contribution in [3.05, 3.63) is 32.1 Å². The SMILES string of the molecule is COc1cc(C(F)F)c([N+](=O)[O-])c(=O)[nH]1. The monoisotopic (exact) mass is 220 g/mol. The minimum Gasteiger partial charge on any atom is -0.482 e. The van der Waals surface area contributed by atoms with Crippen LogP contribution >= 0.6 is 0 Å². The van der Waals surface area contributed by atoms with Crippen LogP contribution in [0.2, 0.25) is 0 Å². The van der Waals surface area contributed by atoms with Gasteiger partial charge < -0.3 is 4.74 Å². The number of H-pyrrole nitrogens is 1. The molecule has 82 valence electrons. The van der Waals surface area contributed by atoms with Crippen molar-refractivity contribution in [3.63, 3.8) is 0 Å². The van der Waals surface area contributed by atoms with Crippen molar-refractivity contribution in [3.8, 4) is 5.88 Å². The number of aromatic nitrogens is 1. The highest BCUT2D eigenvalue weighted by atomic mass is 19.3. The Kier molecular flexibility index (Phi) is 2.98. The summed E-state index contributed by atoms with van der Waals surface area (Å²) in [5.74, 6) is -0.249. The van der Waals surface area contributed by atoms with Crippen LogP contribution in [0.1, 0.15) is 12.0 Å². The molecule has 0 aliphatic carbocycles. The van der Waals surface area contributed by atoms with Crippen LogP contribution in [0.25, 0.3) is 0 Å². The molecule has 0 spiro atoms. The number of rotatable bonds is 3. The van der Waals surface area contributed by atoms with Gasteiger partial charge in [-0.1, -0.05) is 0 Å². The van der Waals surface area contributed by atoms with Crippen LogP contribution in [-0.2, 0) is 0 Å². The van der Waals surface area contributed by atoms with E-state index < -0.39 is 28.2 Å². The molecule has 0 unspecified atom stereocenters. The van der Waals surface area contributed by atoms with Crippen molar-refractivity contribution in [1.82, 2.24) is 4.98 Å². The summed E-state index contributed by atoms with van der Waals surface area (Å²) in [6.45, 7) is 0. The summed E-state index contributed by atoms with van der Waals surface area (Å²) in [5, 5.41) is 10.4. The predicted octanol–water partition coefficient (Wildman–Crippen LogP) is 1.23. The second kappa shape index (κ2) is 4.03. The van der Waals surface area contributed by atoms with Crippen molar-refractivity contribution in [2.45, 2.75) is 6.43 Å². The van der Waals surface area contributed by atoms with Crippen LogP contribution in [0.5, 0.6) is 5.88 Å². The van der Waals surface area contributed by atoms with Gasteiger partial charge in [-0.05, 0) is 0 Å². The summed E-state index contributed by atoms with van der Waals surface area (Å²) in [5.41, 5.74) is -3.33. The maximum Gasteiger partial charge on any atom is 0.342 e. The number of nitrogens with zero attached hydrogens (tertiary/aromatic N) is 1. The first-order chi connectivity index (χ1) is 6.97. The second-order valence-electron chi connectivity index (χ2n) is 2.53. The number of aromatic amines is 1. The number of hydrogen-bond donors (Lipinski definition) is 1. The van der Waals surface area contributed by atoms with E-state index in [1.165, 1.54) is 0 Å². The van der Waals surface area contributed by atoms with Gasteiger partial charge in [0.1, 0.15) is 5.56 Å². The van der Waals surface area contributed by atoms with Gasteiger partial charge in [0.25, 0.3) is 6.43 Å². The second-order valence-corrected chi connectivity index (χ2v) is 2.53. The molecule has 0 bridgehead atoms. The molecule has 0 fully saturated rings. The first kappa shape index (κ1) is 11.1. The molecular formula is C7H6F2N2O4. The van der Waals surface area contributed by atoms with Crippen LogP contribution in [0.3, 0.4) is 0 Å². The van der Waals surface area contributed by atoms with E-state index in [1.807, 2.05) is 4.98 Å². The lowest BCUT2D eigenvalue weighted by Gasteiger charge is -2.03.